The second-order valence-electron chi connectivity index (χ2n) is 5.93. The molecule has 3 aromatic rings. The molecule has 0 saturated heterocycles. The van der Waals surface area contributed by atoms with Crippen LogP contribution in [-0.4, -0.2) is 14.9 Å². The van der Waals surface area contributed by atoms with Crippen molar-refractivity contribution in [1.82, 2.24) is 9.97 Å². The van der Waals surface area contributed by atoms with Crippen LogP contribution in [0.2, 0.25) is 5.02 Å². The molecule has 24 heavy (non-hydrogen) atoms. The highest BCUT2D eigenvalue weighted by Crippen LogP contribution is 2.32. The molecule has 0 amide bonds. The number of halogens is 1. The minimum absolute atomic E-state index is 0.0321. The highest BCUT2D eigenvalue weighted by molar-refractivity contribution is 6.33. The van der Waals surface area contributed by atoms with E-state index >= 15 is 0 Å². The van der Waals surface area contributed by atoms with Crippen LogP contribution in [0, 0.1) is 16.0 Å². The highest BCUT2D eigenvalue weighted by Gasteiger charge is 2.21. The summed E-state index contributed by atoms with van der Waals surface area (Å²) in [4.78, 5) is 18.3. The summed E-state index contributed by atoms with van der Waals surface area (Å²) in [5.41, 5.74) is 2.47. The van der Waals surface area contributed by atoms with Crippen LogP contribution >= 0.6 is 11.6 Å². The van der Waals surface area contributed by atoms with Crippen LogP contribution in [-0.2, 0) is 0 Å². The van der Waals surface area contributed by atoms with Gasteiger partial charge in [-0.15, -0.1) is 0 Å². The molecule has 2 N–H and O–H groups in total. The lowest BCUT2D eigenvalue weighted by molar-refractivity contribution is -0.384. The van der Waals surface area contributed by atoms with Crippen molar-refractivity contribution < 1.29 is 4.92 Å². The minimum atomic E-state index is -0.463. The van der Waals surface area contributed by atoms with Gasteiger partial charge in [0, 0.05) is 12.1 Å². The van der Waals surface area contributed by atoms with Gasteiger partial charge < -0.3 is 10.3 Å². The van der Waals surface area contributed by atoms with Gasteiger partial charge in [0.25, 0.3) is 5.69 Å². The maximum absolute atomic E-state index is 10.8. The Hall–Kier alpha value is -2.60. The first-order valence-electron chi connectivity index (χ1n) is 7.61. The van der Waals surface area contributed by atoms with Gasteiger partial charge in [-0.1, -0.05) is 37.6 Å². The number of aromatic nitrogens is 2. The van der Waals surface area contributed by atoms with Crippen LogP contribution in [0.25, 0.3) is 11.0 Å². The van der Waals surface area contributed by atoms with Crippen LogP contribution < -0.4 is 5.32 Å². The third kappa shape index (κ3) is 3.19. The van der Waals surface area contributed by atoms with Crippen molar-refractivity contribution in [3.63, 3.8) is 0 Å². The van der Waals surface area contributed by atoms with Gasteiger partial charge in [-0.3, -0.25) is 10.1 Å². The van der Waals surface area contributed by atoms with Crippen molar-refractivity contribution in [3.8, 4) is 0 Å². The van der Waals surface area contributed by atoms with E-state index in [0.717, 1.165) is 16.9 Å². The summed E-state index contributed by atoms with van der Waals surface area (Å²) in [7, 11) is 0. The van der Waals surface area contributed by atoms with E-state index in [0.29, 0.717) is 10.7 Å². The molecule has 0 fully saturated rings. The number of H-pyrrole nitrogens is 1. The Morgan fingerprint density at radius 1 is 1.25 bits per heavy atom. The van der Waals surface area contributed by atoms with Crippen LogP contribution in [0.5, 0.6) is 0 Å². The molecule has 6 nitrogen and oxygen atoms in total. The van der Waals surface area contributed by atoms with Gasteiger partial charge >= 0.3 is 0 Å². The van der Waals surface area contributed by atoms with E-state index in [-0.39, 0.29) is 17.6 Å². The predicted molar refractivity (Wildman–Crippen MR) is 95.4 cm³/mol. The van der Waals surface area contributed by atoms with Crippen LogP contribution in [0.3, 0.4) is 0 Å². The second-order valence-corrected chi connectivity index (χ2v) is 6.33. The zero-order valence-electron chi connectivity index (χ0n) is 13.3. The van der Waals surface area contributed by atoms with Crippen LogP contribution in [0.1, 0.15) is 25.7 Å². The topological polar surface area (TPSA) is 83.8 Å². The third-order valence-electron chi connectivity index (χ3n) is 3.84. The number of nitrogens with one attached hydrogen (secondary N) is 2. The summed E-state index contributed by atoms with van der Waals surface area (Å²) in [5.74, 6) is 1.04. The molecule has 1 atom stereocenters. The maximum Gasteiger partial charge on any atom is 0.271 e. The van der Waals surface area contributed by atoms with Crippen molar-refractivity contribution in [3.05, 3.63) is 63.4 Å². The average Bonchev–Trinajstić information content (AvgIpc) is 2.96. The lowest BCUT2D eigenvalue weighted by atomic mass is 10.0. The Labute approximate surface area is 144 Å². The molecule has 0 saturated carbocycles. The Bertz CT molecular complexity index is 858. The molecule has 1 heterocycles. The number of rotatable bonds is 5. The third-order valence-corrected chi connectivity index (χ3v) is 4.16. The van der Waals surface area contributed by atoms with Gasteiger partial charge in [-0.25, -0.2) is 4.98 Å². The number of hydrogen-bond acceptors (Lipinski definition) is 4. The van der Waals surface area contributed by atoms with Gasteiger partial charge in [0.15, 0.2) is 0 Å². The van der Waals surface area contributed by atoms with E-state index in [1.54, 1.807) is 6.07 Å². The minimum Gasteiger partial charge on any atom is -0.374 e. The van der Waals surface area contributed by atoms with Gasteiger partial charge in [-0.2, -0.15) is 0 Å². The molecule has 124 valence electrons. The van der Waals surface area contributed by atoms with Crippen molar-refractivity contribution in [2.24, 2.45) is 5.92 Å². The fraction of sp³-hybridized carbons (Fsp3) is 0.235. The molecular weight excluding hydrogens is 328 g/mol. The number of aromatic amines is 1. The predicted octanol–water partition coefficient (Wildman–Crippen LogP) is 4.93. The first kappa shape index (κ1) is 16.3. The van der Waals surface area contributed by atoms with E-state index in [1.165, 1.54) is 12.1 Å². The molecule has 2 aromatic carbocycles. The molecule has 0 aliphatic heterocycles. The summed E-state index contributed by atoms with van der Waals surface area (Å²) in [5, 5.41) is 14.5. The highest BCUT2D eigenvalue weighted by atomic mass is 35.5. The summed E-state index contributed by atoms with van der Waals surface area (Å²) in [6, 6.07) is 12.1. The first-order chi connectivity index (χ1) is 11.5. The number of hydrogen-bond donors (Lipinski definition) is 2. The van der Waals surface area contributed by atoms with Crippen LogP contribution in [0.15, 0.2) is 42.5 Å². The number of nitro benzene ring substituents is 1. The van der Waals surface area contributed by atoms with E-state index in [9.17, 15) is 10.1 Å². The summed E-state index contributed by atoms with van der Waals surface area (Å²) in [6.07, 6.45) is 0. The Morgan fingerprint density at radius 2 is 2.00 bits per heavy atom. The van der Waals surface area contributed by atoms with Crippen molar-refractivity contribution in [2.75, 3.05) is 5.32 Å². The number of anilines is 1. The maximum atomic E-state index is 10.8. The summed E-state index contributed by atoms with van der Waals surface area (Å²) >= 11 is 6.19. The van der Waals surface area contributed by atoms with Gasteiger partial charge in [0.1, 0.15) is 5.82 Å². The average molecular weight is 345 g/mol. The fourth-order valence-electron chi connectivity index (χ4n) is 2.57. The smallest absolute Gasteiger partial charge is 0.271 e. The summed E-state index contributed by atoms with van der Waals surface area (Å²) < 4.78 is 0. The molecule has 0 aliphatic rings. The Balaban J connectivity index is 1.93. The zero-order chi connectivity index (χ0) is 17.3. The van der Waals surface area contributed by atoms with E-state index < -0.39 is 4.92 Å². The largest absolute Gasteiger partial charge is 0.374 e. The molecule has 0 spiro atoms. The number of imidazole rings is 1. The number of fused-ring (bicyclic) bond motifs is 1. The molecule has 3 rings (SSSR count). The van der Waals surface area contributed by atoms with Gasteiger partial charge in [-0.05, 0) is 24.1 Å². The zero-order valence-corrected chi connectivity index (χ0v) is 14.0. The molecule has 0 aliphatic carbocycles. The molecular formula is C17H17ClN4O2. The standard InChI is InChI=1S/C17H17ClN4O2/c1-10(2)16(17-20-14-5-3-4-6-15(14)21-17)19-13-8-7-11(22(23)24)9-12(13)18/h3-10,16,19H,1-2H3,(H,20,21)/t16-/m1/s1. The molecule has 7 heteroatoms. The van der Waals surface area contributed by atoms with Crippen molar-refractivity contribution in [2.45, 2.75) is 19.9 Å². The lowest BCUT2D eigenvalue weighted by Gasteiger charge is -2.22. The number of nitro groups is 1. The lowest BCUT2D eigenvalue weighted by Crippen LogP contribution is -2.18. The fourth-order valence-corrected chi connectivity index (χ4v) is 2.80. The van der Waals surface area contributed by atoms with Crippen molar-refractivity contribution >= 4 is 34.0 Å². The SMILES string of the molecule is CC(C)[C@@H](Nc1ccc([N+](=O)[O-])cc1Cl)c1nc2ccccc2[nH]1. The Kier molecular flexibility index (Phi) is 4.40. The normalized spacial score (nSPS) is 12.5. The Morgan fingerprint density at radius 3 is 2.62 bits per heavy atom. The van der Waals surface area contributed by atoms with Crippen molar-refractivity contribution in [1.29, 1.82) is 0 Å². The number of nitrogens with zero attached hydrogens (tertiary/aromatic N) is 2. The summed E-state index contributed by atoms with van der Waals surface area (Å²) in [6.45, 7) is 4.15. The van der Waals surface area contributed by atoms with E-state index in [2.05, 4.69) is 29.1 Å². The quantitative estimate of drug-likeness (QED) is 0.507. The van der Waals surface area contributed by atoms with Crippen LogP contribution in [0.4, 0.5) is 11.4 Å². The monoisotopic (exact) mass is 344 g/mol. The number of benzene rings is 2. The first-order valence-corrected chi connectivity index (χ1v) is 7.98. The molecule has 0 radical (unpaired) electrons. The second kappa shape index (κ2) is 6.49. The van der Waals surface area contributed by atoms with E-state index in [1.807, 2.05) is 24.3 Å². The molecule has 0 bridgehead atoms. The molecule has 0 unspecified atom stereocenters. The van der Waals surface area contributed by atoms with Gasteiger partial charge in [0.2, 0.25) is 0 Å². The number of non-ortho nitro benzene ring substituents is 1. The molecule has 1 aromatic heterocycles. The number of para-hydroxylation sites is 2. The van der Waals surface area contributed by atoms with Gasteiger partial charge in [0.05, 0.1) is 32.7 Å². The van der Waals surface area contributed by atoms with E-state index in [4.69, 9.17) is 11.6 Å².